The van der Waals surface area contributed by atoms with E-state index in [1.807, 2.05) is 78.6 Å². The molecule has 2 aliphatic heterocycles. The molecule has 1 amide bonds. The zero-order valence-corrected chi connectivity index (χ0v) is 19.8. The molecule has 1 fully saturated rings. The number of esters is 1. The Hall–Kier alpha value is -4.06. The zero-order chi connectivity index (χ0) is 24.2. The normalized spacial score (nSPS) is 20.4. The number of anilines is 1. The fourth-order valence-corrected chi connectivity index (χ4v) is 5.96. The van der Waals surface area contributed by atoms with Crippen LogP contribution in [0.4, 0.5) is 5.69 Å². The summed E-state index contributed by atoms with van der Waals surface area (Å²) >= 11 is 0. The molecule has 3 aromatic carbocycles. The predicted molar refractivity (Wildman–Crippen MR) is 135 cm³/mol. The highest BCUT2D eigenvalue weighted by molar-refractivity contribution is 6.00. The van der Waals surface area contributed by atoms with Gasteiger partial charge >= 0.3 is 5.97 Å². The van der Waals surface area contributed by atoms with Gasteiger partial charge in [0.25, 0.3) is 0 Å². The van der Waals surface area contributed by atoms with Crippen molar-refractivity contribution in [3.63, 3.8) is 0 Å². The Morgan fingerprint density at radius 2 is 1.77 bits per heavy atom. The van der Waals surface area contributed by atoms with E-state index in [-0.39, 0.29) is 12.1 Å². The third-order valence-corrected chi connectivity index (χ3v) is 7.56. The average molecular weight is 466 g/mol. The molecular formula is C29H27N3O3. The maximum Gasteiger partial charge on any atom is 0.354 e. The minimum atomic E-state index is -0.581. The van der Waals surface area contributed by atoms with Gasteiger partial charge in [-0.1, -0.05) is 66.2 Å². The standard InChI is InChI=1S/C29H27N3O3/c1-18-11-13-19(14-12-18)17-24(33)32-16-15-29(21-8-4-6-10-23(21)31-28(29)32)25-20-7-3-5-9-22(20)30-26(25)27(34)35-2/h3-14,28,30-31H,15-17H2,1-2H3. The Bertz CT molecular complexity index is 1460. The van der Waals surface area contributed by atoms with Crippen LogP contribution in [0.25, 0.3) is 10.9 Å². The summed E-state index contributed by atoms with van der Waals surface area (Å²) in [6.45, 7) is 2.64. The number of aromatic nitrogens is 1. The number of hydrogen-bond acceptors (Lipinski definition) is 4. The number of aromatic amines is 1. The van der Waals surface area contributed by atoms with E-state index in [2.05, 4.69) is 16.4 Å². The number of carbonyl (C=O) groups is 2. The van der Waals surface area contributed by atoms with Crippen molar-refractivity contribution >= 4 is 28.5 Å². The highest BCUT2D eigenvalue weighted by Crippen LogP contribution is 2.55. The highest BCUT2D eigenvalue weighted by Gasteiger charge is 2.58. The number of hydrogen-bond donors (Lipinski definition) is 2. The number of likely N-dealkylation sites (tertiary alicyclic amines) is 1. The summed E-state index contributed by atoms with van der Waals surface area (Å²) in [5.41, 5.74) is 5.91. The molecular weight excluding hydrogens is 438 g/mol. The maximum absolute atomic E-state index is 13.6. The number of nitrogens with zero attached hydrogens (tertiary/aromatic N) is 1. The Kier molecular flexibility index (Phi) is 4.92. The molecule has 2 aliphatic rings. The first-order valence-electron chi connectivity index (χ1n) is 11.9. The fraction of sp³-hybridized carbons (Fsp3) is 0.241. The van der Waals surface area contributed by atoms with Gasteiger partial charge < -0.3 is 19.9 Å². The van der Waals surface area contributed by atoms with Crippen molar-refractivity contribution < 1.29 is 14.3 Å². The molecule has 2 atom stereocenters. The number of aryl methyl sites for hydroxylation is 1. The minimum Gasteiger partial charge on any atom is -0.464 e. The third kappa shape index (κ3) is 3.16. The summed E-state index contributed by atoms with van der Waals surface area (Å²) in [6.07, 6.45) is 0.732. The molecule has 176 valence electrons. The van der Waals surface area contributed by atoms with Gasteiger partial charge in [0.15, 0.2) is 0 Å². The summed E-state index contributed by atoms with van der Waals surface area (Å²) < 4.78 is 5.19. The van der Waals surface area contributed by atoms with E-state index in [4.69, 9.17) is 4.74 Å². The molecule has 0 spiro atoms. The molecule has 0 radical (unpaired) electrons. The lowest BCUT2D eigenvalue weighted by molar-refractivity contribution is -0.131. The summed E-state index contributed by atoms with van der Waals surface area (Å²) in [4.78, 5) is 31.9. The lowest BCUT2D eigenvalue weighted by Crippen LogP contribution is -2.47. The number of H-pyrrole nitrogens is 1. The van der Waals surface area contributed by atoms with Crippen molar-refractivity contribution in [3.05, 3.63) is 101 Å². The van der Waals surface area contributed by atoms with Crippen molar-refractivity contribution in [3.8, 4) is 0 Å². The van der Waals surface area contributed by atoms with Gasteiger partial charge in [-0.2, -0.15) is 0 Å². The molecule has 1 saturated heterocycles. The fourth-order valence-electron chi connectivity index (χ4n) is 5.96. The Balaban J connectivity index is 1.50. The Morgan fingerprint density at radius 3 is 2.57 bits per heavy atom. The molecule has 0 bridgehead atoms. The predicted octanol–water partition coefficient (Wildman–Crippen LogP) is 4.78. The summed E-state index contributed by atoms with van der Waals surface area (Å²) in [5, 5.41) is 4.62. The van der Waals surface area contributed by atoms with Crippen molar-refractivity contribution in [2.24, 2.45) is 0 Å². The third-order valence-electron chi connectivity index (χ3n) is 7.56. The topological polar surface area (TPSA) is 74.4 Å². The molecule has 0 saturated carbocycles. The number of para-hydroxylation sites is 2. The van der Waals surface area contributed by atoms with Gasteiger partial charge in [0.05, 0.1) is 18.9 Å². The van der Waals surface area contributed by atoms with Crippen LogP contribution in [0.2, 0.25) is 0 Å². The molecule has 6 heteroatoms. The highest BCUT2D eigenvalue weighted by atomic mass is 16.5. The Morgan fingerprint density at radius 1 is 1.03 bits per heavy atom. The lowest BCUT2D eigenvalue weighted by atomic mass is 9.72. The van der Waals surface area contributed by atoms with Gasteiger partial charge in [-0.15, -0.1) is 0 Å². The van der Waals surface area contributed by atoms with E-state index in [1.165, 1.54) is 12.7 Å². The molecule has 2 unspecified atom stereocenters. The van der Waals surface area contributed by atoms with E-state index in [9.17, 15) is 9.59 Å². The van der Waals surface area contributed by atoms with E-state index in [0.29, 0.717) is 25.1 Å². The van der Waals surface area contributed by atoms with E-state index >= 15 is 0 Å². The van der Waals surface area contributed by atoms with Gasteiger partial charge in [-0.3, -0.25) is 4.79 Å². The molecule has 2 N–H and O–H groups in total. The monoisotopic (exact) mass is 465 g/mol. The number of methoxy groups -OCH3 is 1. The van der Waals surface area contributed by atoms with Crippen molar-refractivity contribution in [2.75, 3.05) is 19.0 Å². The zero-order valence-electron chi connectivity index (χ0n) is 19.8. The lowest BCUT2D eigenvalue weighted by Gasteiger charge is -2.33. The van der Waals surface area contributed by atoms with Gasteiger partial charge in [-0.05, 0) is 36.6 Å². The number of carbonyl (C=O) groups excluding carboxylic acids is 2. The molecule has 35 heavy (non-hydrogen) atoms. The van der Waals surface area contributed by atoms with Crippen LogP contribution in [0.1, 0.15) is 39.2 Å². The second kappa shape index (κ2) is 8.01. The van der Waals surface area contributed by atoms with E-state index in [1.54, 1.807) is 0 Å². The number of fused-ring (bicyclic) bond motifs is 4. The van der Waals surface area contributed by atoms with Crippen LogP contribution in [-0.4, -0.2) is 41.6 Å². The van der Waals surface area contributed by atoms with Crippen molar-refractivity contribution in [1.29, 1.82) is 0 Å². The SMILES string of the molecule is COC(=O)c1[nH]c2ccccc2c1C12CCN(C(=O)Cc3ccc(C)cc3)C1Nc1ccccc12. The first-order chi connectivity index (χ1) is 17.0. The molecule has 6 rings (SSSR count). The van der Waals surface area contributed by atoms with Crippen LogP contribution >= 0.6 is 0 Å². The molecule has 0 aliphatic carbocycles. The summed E-state index contributed by atoms with van der Waals surface area (Å²) in [7, 11) is 1.40. The molecule has 1 aromatic heterocycles. The number of nitrogens with one attached hydrogen (secondary N) is 2. The van der Waals surface area contributed by atoms with Gasteiger partial charge in [0.1, 0.15) is 11.9 Å². The smallest absolute Gasteiger partial charge is 0.354 e. The second-order valence-electron chi connectivity index (χ2n) is 9.48. The van der Waals surface area contributed by atoms with Crippen molar-refractivity contribution in [1.82, 2.24) is 9.88 Å². The maximum atomic E-state index is 13.6. The number of benzene rings is 3. The van der Waals surface area contributed by atoms with Crippen LogP contribution in [-0.2, 0) is 21.4 Å². The Labute approximate surface area is 203 Å². The first kappa shape index (κ1) is 21.5. The van der Waals surface area contributed by atoms with Crippen LogP contribution in [0, 0.1) is 6.92 Å². The number of rotatable bonds is 4. The average Bonchev–Trinajstić information content (AvgIpc) is 3.53. The van der Waals surface area contributed by atoms with E-state index in [0.717, 1.165) is 33.3 Å². The van der Waals surface area contributed by atoms with Crippen molar-refractivity contribution in [2.45, 2.75) is 31.3 Å². The van der Waals surface area contributed by atoms with Gasteiger partial charge in [0.2, 0.25) is 5.91 Å². The molecule has 4 aromatic rings. The number of amides is 1. The molecule has 3 heterocycles. The minimum absolute atomic E-state index is 0.0699. The quantitative estimate of drug-likeness (QED) is 0.426. The first-order valence-corrected chi connectivity index (χ1v) is 11.9. The van der Waals surface area contributed by atoms with Crippen LogP contribution in [0.15, 0.2) is 72.8 Å². The van der Waals surface area contributed by atoms with Gasteiger partial charge in [0, 0.05) is 28.7 Å². The van der Waals surface area contributed by atoms with Crippen LogP contribution in [0.5, 0.6) is 0 Å². The van der Waals surface area contributed by atoms with E-state index < -0.39 is 11.4 Å². The summed E-state index contributed by atoms with van der Waals surface area (Å²) in [5.74, 6) is -0.335. The molecule has 6 nitrogen and oxygen atoms in total. The van der Waals surface area contributed by atoms with Gasteiger partial charge in [-0.25, -0.2) is 4.79 Å². The van der Waals surface area contributed by atoms with Crippen LogP contribution < -0.4 is 5.32 Å². The largest absolute Gasteiger partial charge is 0.464 e. The summed E-state index contributed by atoms with van der Waals surface area (Å²) in [6, 6.07) is 24.2. The second-order valence-corrected chi connectivity index (χ2v) is 9.48. The number of ether oxygens (including phenoxy) is 1. The van der Waals surface area contributed by atoms with Crippen LogP contribution in [0.3, 0.4) is 0 Å².